The number of hydrogen-bond donors (Lipinski definition) is 0. The van der Waals surface area contributed by atoms with E-state index >= 15 is 0 Å². The third-order valence-electron chi connectivity index (χ3n) is 5.91. The highest BCUT2D eigenvalue weighted by atomic mass is 32.1. The van der Waals surface area contributed by atoms with Gasteiger partial charge >= 0.3 is 0 Å². The van der Waals surface area contributed by atoms with Gasteiger partial charge in [-0.2, -0.15) is 5.10 Å². The SMILES string of the molecule is COCC(=O)N(CCN1CCOCC1)CC(=O)N1N=C(c2cccs2)C[C@H]1c1sccc1C. The Morgan fingerprint density at radius 1 is 1.24 bits per heavy atom. The van der Waals surface area contributed by atoms with E-state index in [0.29, 0.717) is 32.7 Å². The highest BCUT2D eigenvalue weighted by molar-refractivity contribution is 7.12. The molecule has 2 aliphatic rings. The fourth-order valence-electron chi connectivity index (χ4n) is 4.09. The predicted molar refractivity (Wildman–Crippen MR) is 130 cm³/mol. The molecule has 0 bridgehead atoms. The van der Waals surface area contributed by atoms with E-state index in [1.54, 1.807) is 32.6 Å². The lowest BCUT2D eigenvalue weighted by atomic mass is 10.1. The quantitative estimate of drug-likeness (QED) is 0.540. The number of carbonyl (C=O) groups excluding carboxylic acids is 2. The molecule has 2 aromatic heterocycles. The zero-order chi connectivity index (χ0) is 23.2. The van der Waals surface area contributed by atoms with E-state index in [-0.39, 0.29) is 31.0 Å². The average Bonchev–Trinajstić information content (AvgIpc) is 3.57. The Bertz CT molecular complexity index is 969. The predicted octanol–water partition coefficient (Wildman–Crippen LogP) is 2.60. The van der Waals surface area contributed by atoms with Crippen molar-refractivity contribution in [3.8, 4) is 0 Å². The van der Waals surface area contributed by atoms with Crippen molar-refractivity contribution < 1.29 is 19.1 Å². The zero-order valence-corrected chi connectivity index (χ0v) is 20.7. The number of hydrazone groups is 1. The Morgan fingerprint density at radius 3 is 2.73 bits per heavy atom. The molecule has 1 atom stereocenters. The highest BCUT2D eigenvalue weighted by Gasteiger charge is 2.36. The largest absolute Gasteiger partial charge is 0.379 e. The molecular formula is C23H30N4O4S2. The second-order valence-electron chi connectivity index (χ2n) is 8.15. The summed E-state index contributed by atoms with van der Waals surface area (Å²) in [7, 11) is 1.49. The van der Waals surface area contributed by atoms with Crippen LogP contribution in [0.2, 0.25) is 0 Å². The van der Waals surface area contributed by atoms with Gasteiger partial charge in [0.05, 0.1) is 29.8 Å². The van der Waals surface area contributed by atoms with Crippen LogP contribution in [-0.2, 0) is 19.1 Å². The standard InChI is InChI=1S/C23H30N4O4S2/c1-17-5-13-33-23(17)19-14-18(20-4-3-12-32-20)24-27(19)21(28)15-26(22(29)16-30-2)7-6-25-8-10-31-11-9-25/h3-5,12-13,19H,6-11,14-16H2,1-2H3/t19-/m0/s1. The lowest BCUT2D eigenvalue weighted by molar-refractivity contribution is -0.143. The van der Waals surface area contributed by atoms with E-state index in [1.807, 2.05) is 22.9 Å². The first-order valence-electron chi connectivity index (χ1n) is 11.1. The minimum atomic E-state index is -0.190. The third-order valence-corrected chi connectivity index (χ3v) is 7.95. The second-order valence-corrected chi connectivity index (χ2v) is 10.0. The van der Waals surface area contributed by atoms with Crippen molar-refractivity contribution in [1.82, 2.24) is 14.8 Å². The van der Waals surface area contributed by atoms with Crippen molar-refractivity contribution in [3.05, 3.63) is 44.3 Å². The van der Waals surface area contributed by atoms with Crippen molar-refractivity contribution >= 4 is 40.2 Å². The maximum atomic E-state index is 13.5. The molecule has 10 heteroatoms. The number of amides is 2. The van der Waals surface area contributed by atoms with Crippen LogP contribution in [0.3, 0.4) is 0 Å². The van der Waals surface area contributed by atoms with E-state index in [1.165, 1.54) is 7.11 Å². The minimum absolute atomic E-state index is 0.0192. The number of morpholine rings is 1. The molecule has 2 amide bonds. The summed E-state index contributed by atoms with van der Waals surface area (Å²) in [6, 6.07) is 5.96. The molecule has 0 aliphatic carbocycles. The van der Waals surface area contributed by atoms with Crippen LogP contribution < -0.4 is 0 Å². The molecule has 2 aliphatic heterocycles. The topological polar surface area (TPSA) is 74.7 Å². The first-order chi connectivity index (χ1) is 16.1. The van der Waals surface area contributed by atoms with Gasteiger partial charge in [0.15, 0.2) is 0 Å². The van der Waals surface area contributed by atoms with Crippen LogP contribution in [0, 0.1) is 6.92 Å². The Kier molecular flexibility index (Phi) is 8.26. The van der Waals surface area contributed by atoms with Gasteiger partial charge in [-0.1, -0.05) is 6.07 Å². The number of methoxy groups -OCH3 is 1. The summed E-state index contributed by atoms with van der Waals surface area (Å²) in [5.74, 6) is -0.365. The van der Waals surface area contributed by atoms with Crippen LogP contribution in [0.15, 0.2) is 34.1 Å². The molecule has 178 valence electrons. The van der Waals surface area contributed by atoms with E-state index in [4.69, 9.17) is 14.6 Å². The number of thiophene rings is 2. The van der Waals surface area contributed by atoms with Crippen LogP contribution in [0.1, 0.15) is 27.8 Å². The molecule has 1 saturated heterocycles. The summed E-state index contributed by atoms with van der Waals surface area (Å²) < 4.78 is 10.5. The number of hydrogen-bond acceptors (Lipinski definition) is 8. The van der Waals surface area contributed by atoms with Gasteiger partial charge in [0.25, 0.3) is 5.91 Å². The van der Waals surface area contributed by atoms with E-state index in [0.717, 1.165) is 34.1 Å². The number of carbonyl (C=O) groups is 2. The summed E-state index contributed by atoms with van der Waals surface area (Å²) in [4.78, 5) is 32.3. The third kappa shape index (κ3) is 5.88. The molecule has 0 radical (unpaired) electrons. The molecule has 0 N–H and O–H groups in total. The number of aryl methyl sites for hydroxylation is 1. The van der Waals surface area contributed by atoms with Gasteiger partial charge in [0.1, 0.15) is 13.2 Å². The first kappa shape index (κ1) is 24.0. The second kappa shape index (κ2) is 11.3. The fraction of sp³-hybridized carbons (Fsp3) is 0.522. The normalized spacial score (nSPS) is 19.0. The maximum Gasteiger partial charge on any atom is 0.262 e. The van der Waals surface area contributed by atoms with Crippen molar-refractivity contribution in [2.24, 2.45) is 5.10 Å². The molecule has 33 heavy (non-hydrogen) atoms. The van der Waals surface area contributed by atoms with Gasteiger partial charge in [-0.15, -0.1) is 22.7 Å². The van der Waals surface area contributed by atoms with Crippen LogP contribution >= 0.6 is 22.7 Å². The molecule has 4 heterocycles. The summed E-state index contributed by atoms with van der Waals surface area (Å²) in [6.45, 7) is 6.22. The number of rotatable bonds is 9. The summed E-state index contributed by atoms with van der Waals surface area (Å²) >= 11 is 3.27. The molecule has 0 aromatic carbocycles. The fourth-order valence-corrected chi connectivity index (χ4v) is 5.83. The lowest BCUT2D eigenvalue weighted by Crippen LogP contribution is -2.47. The van der Waals surface area contributed by atoms with Crippen molar-refractivity contribution in [1.29, 1.82) is 0 Å². The molecule has 0 saturated carbocycles. The molecular weight excluding hydrogens is 460 g/mol. The lowest BCUT2D eigenvalue weighted by Gasteiger charge is -2.31. The van der Waals surface area contributed by atoms with Gasteiger partial charge in [-0.3, -0.25) is 14.5 Å². The smallest absolute Gasteiger partial charge is 0.262 e. The van der Waals surface area contributed by atoms with Gasteiger partial charge in [0.2, 0.25) is 5.91 Å². The van der Waals surface area contributed by atoms with Crippen molar-refractivity contribution in [2.75, 3.05) is 59.7 Å². The zero-order valence-electron chi connectivity index (χ0n) is 19.1. The van der Waals surface area contributed by atoms with Gasteiger partial charge in [-0.25, -0.2) is 5.01 Å². The number of nitrogens with zero attached hydrogens (tertiary/aromatic N) is 4. The molecule has 8 nitrogen and oxygen atoms in total. The van der Waals surface area contributed by atoms with Crippen LogP contribution in [0.4, 0.5) is 0 Å². The molecule has 0 unspecified atom stereocenters. The minimum Gasteiger partial charge on any atom is -0.379 e. The monoisotopic (exact) mass is 490 g/mol. The van der Waals surface area contributed by atoms with Gasteiger partial charge in [0, 0.05) is 44.6 Å². The average molecular weight is 491 g/mol. The molecule has 0 spiro atoms. The van der Waals surface area contributed by atoms with Gasteiger partial charge < -0.3 is 14.4 Å². The summed E-state index contributed by atoms with van der Waals surface area (Å²) in [6.07, 6.45) is 0.674. The summed E-state index contributed by atoms with van der Waals surface area (Å²) in [5, 5.41) is 10.4. The molecule has 1 fully saturated rings. The van der Waals surface area contributed by atoms with Crippen LogP contribution in [0.5, 0.6) is 0 Å². The van der Waals surface area contributed by atoms with E-state index in [2.05, 4.69) is 17.9 Å². The van der Waals surface area contributed by atoms with Crippen molar-refractivity contribution in [3.63, 3.8) is 0 Å². The number of ether oxygens (including phenoxy) is 2. The Morgan fingerprint density at radius 2 is 2.06 bits per heavy atom. The van der Waals surface area contributed by atoms with Crippen LogP contribution in [0.25, 0.3) is 0 Å². The summed E-state index contributed by atoms with van der Waals surface area (Å²) in [5.41, 5.74) is 2.07. The Balaban J connectivity index is 1.51. The first-order valence-corrected chi connectivity index (χ1v) is 12.9. The van der Waals surface area contributed by atoms with E-state index in [9.17, 15) is 9.59 Å². The van der Waals surface area contributed by atoms with E-state index < -0.39 is 0 Å². The maximum absolute atomic E-state index is 13.5. The Labute approximate surface area is 202 Å². The van der Waals surface area contributed by atoms with Gasteiger partial charge in [-0.05, 0) is 35.4 Å². The molecule has 4 rings (SSSR count). The Hall–Kier alpha value is -2.11. The highest BCUT2D eigenvalue weighted by Crippen LogP contribution is 2.37. The molecule has 2 aromatic rings. The van der Waals surface area contributed by atoms with Crippen molar-refractivity contribution in [2.45, 2.75) is 19.4 Å². The van der Waals surface area contributed by atoms with Crippen LogP contribution in [-0.4, -0.2) is 92.0 Å².